The molecule has 0 atom stereocenters. The van der Waals surface area contributed by atoms with Crippen molar-refractivity contribution in [2.45, 2.75) is 13.5 Å². The van der Waals surface area contributed by atoms with Crippen LogP contribution >= 0.6 is 0 Å². The molecule has 76 valence electrons. The van der Waals surface area contributed by atoms with Crippen LogP contribution < -0.4 is 0 Å². The Morgan fingerprint density at radius 1 is 1.14 bits per heavy atom. The molecule has 4 N–H and O–H groups in total. The van der Waals surface area contributed by atoms with Gasteiger partial charge in [0.2, 0.25) is 5.75 Å². The summed E-state index contributed by atoms with van der Waals surface area (Å²) in [5.41, 5.74) is 0.0676. The summed E-state index contributed by atoms with van der Waals surface area (Å²) >= 11 is 0. The number of aromatic hydroxyl groups is 3. The summed E-state index contributed by atoms with van der Waals surface area (Å²) in [7, 11) is 0. The number of phenols is 3. The number of aliphatic hydroxyl groups excluding tert-OH is 1. The molecule has 5 heteroatoms. The van der Waals surface area contributed by atoms with Crippen LogP contribution in [0.3, 0.4) is 0 Å². The van der Waals surface area contributed by atoms with Gasteiger partial charge in [-0.2, -0.15) is 0 Å². The number of carbonyl (C=O) groups excluding carboxylic acids is 1. The maximum absolute atomic E-state index is 10.6. The zero-order valence-corrected chi connectivity index (χ0v) is 7.48. The van der Waals surface area contributed by atoms with Crippen LogP contribution in [0.15, 0.2) is 0 Å². The van der Waals surface area contributed by atoms with E-state index in [0.29, 0.717) is 6.29 Å². The van der Waals surface area contributed by atoms with E-state index in [0.717, 1.165) is 0 Å². The lowest BCUT2D eigenvalue weighted by Gasteiger charge is -2.11. The van der Waals surface area contributed by atoms with Gasteiger partial charge < -0.3 is 20.4 Å². The monoisotopic (exact) mass is 198 g/mol. The number of phenolic OH excluding ortho intramolecular Hbond substituents is 3. The summed E-state index contributed by atoms with van der Waals surface area (Å²) in [6, 6.07) is 0. The first-order chi connectivity index (χ1) is 6.54. The Hall–Kier alpha value is -1.75. The third-order valence-electron chi connectivity index (χ3n) is 2.11. The van der Waals surface area contributed by atoms with Crippen molar-refractivity contribution in [3.05, 3.63) is 16.7 Å². The fourth-order valence-corrected chi connectivity index (χ4v) is 1.24. The highest BCUT2D eigenvalue weighted by atomic mass is 16.3. The SMILES string of the molecule is Cc1c(O)c(O)c(O)c(C=O)c1CO. The highest BCUT2D eigenvalue weighted by Crippen LogP contribution is 2.41. The van der Waals surface area contributed by atoms with Gasteiger partial charge >= 0.3 is 0 Å². The molecule has 0 amide bonds. The number of hydrogen-bond acceptors (Lipinski definition) is 5. The largest absolute Gasteiger partial charge is 0.504 e. The fourth-order valence-electron chi connectivity index (χ4n) is 1.24. The zero-order valence-electron chi connectivity index (χ0n) is 7.48. The van der Waals surface area contributed by atoms with Crippen LogP contribution in [-0.2, 0) is 6.61 Å². The third kappa shape index (κ3) is 1.27. The van der Waals surface area contributed by atoms with Crippen LogP contribution in [0, 0.1) is 6.92 Å². The van der Waals surface area contributed by atoms with Crippen molar-refractivity contribution in [1.82, 2.24) is 0 Å². The van der Waals surface area contributed by atoms with Gasteiger partial charge in [-0.3, -0.25) is 4.79 Å². The van der Waals surface area contributed by atoms with Gasteiger partial charge in [0.15, 0.2) is 17.8 Å². The van der Waals surface area contributed by atoms with Crippen molar-refractivity contribution in [2.24, 2.45) is 0 Å². The summed E-state index contributed by atoms with van der Waals surface area (Å²) in [5, 5.41) is 36.6. The molecular weight excluding hydrogens is 188 g/mol. The van der Waals surface area contributed by atoms with Crippen LogP contribution in [0.5, 0.6) is 17.2 Å². The Kier molecular flexibility index (Phi) is 2.62. The molecule has 1 rings (SSSR count). The Balaban J connectivity index is 3.65. The summed E-state index contributed by atoms with van der Waals surface area (Å²) in [6.07, 6.45) is 0.313. The molecule has 0 saturated carbocycles. The second kappa shape index (κ2) is 3.55. The number of rotatable bonds is 2. The molecular formula is C9H10O5. The van der Waals surface area contributed by atoms with E-state index in [-0.39, 0.29) is 16.7 Å². The predicted molar refractivity (Wildman–Crippen MR) is 47.5 cm³/mol. The minimum Gasteiger partial charge on any atom is -0.504 e. The molecule has 0 radical (unpaired) electrons. The van der Waals surface area contributed by atoms with Crippen molar-refractivity contribution in [3.8, 4) is 17.2 Å². The molecule has 0 aliphatic carbocycles. The highest BCUT2D eigenvalue weighted by Gasteiger charge is 2.19. The van der Waals surface area contributed by atoms with E-state index in [4.69, 9.17) is 5.11 Å². The fraction of sp³-hybridized carbons (Fsp3) is 0.222. The Labute approximate surface area is 79.9 Å². The molecule has 5 nitrogen and oxygen atoms in total. The summed E-state index contributed by atoms with van der Waals surface area (Å²) in [5.74, 6) is -1.99. The van der Waals surface area contributed by atoms with Crippen LogP contribution in [0.2, 0.25) is 0 Å². The average molecular weight is 198 g/mol. The van der Waals surface area contributed by atoms with E-state index in [1.54, 1.807) is 0 Å². The molecule has 14 heavy (non-hydrogen) atoms. The van der Waals surface area contributed by atoms with Gasteiger partial charge in [0.25, 0.3) is 0 Å². The van der Waals surface area contributed by atoms with Crippen molar-refractivity contribution < 1.29 is 25.2 Å². The first-order valence-electron chi connectivity index (χ1n) is 3.86. The standard InChI is InChI=1S/C9H10O5/c1-4-5(2-10)6(3-11)8(13)9(14)7(4)12/h3,10,12-14H,2H2,1H3. The second-order valence-electron chi connectivity index (χ2n) is 2.84. The summed E-state index contributed by atoms with van der Waals surface area (Å²) in [4.78, 5) is 10.6. The lowest BCUT2D eigenvalue weighted by molar-refractivity contribution is 0.111. The van der Waals surface area contributed by atoms with Crippen LogP contribution in [-0.4, -0.2) is 26.7 Å². The highest BCUT2D eigenvalue weighted by molar-refractivity contribution is 5.85. The molecule has 0 saturated heterocycles. The van der Waals surface area contributed by atoms with Gasteiger partial charge in [-0.1, -0.05) is 0 Å². The van der Waals surface area contributed by atoms with Crippen molar-refractivity contribution in [2.75, 3.05) is 0 Å². The van der Waals surface area contributed by atoms with Gasteiger partial charge in [0, 0.05) is 5.56 Å². The van der Waals surface area contributed by atoms with Crippen molar-refractivity contribution in [3.63, 3.8) is 0 Å². The lowest BCUT2D eigenvalue weighted by Crippen LogP contribution is -1.98. The molecule has 0 spiro atoms. The van der Waals surface area contributed by atoms with Gasteiger partial charge in [-0.25, -0.2) is 0 Å². The van der Waals surface area contributed by atoms with E-state index < -0.39 is 23.9 Å². The van der Waals surface area contributed by atoms with E-state index in [1.165, 1.54) is 6.92 Å². The number of benzene rings is 1. The van der Waals surface area contributed by atoms with Gasteiger partial charge in [-0.15, -0.1) is 0 Å². The first kappa shape index (κ1) is 10.3. The molecule has 1 aromatic rings. The Morgan fingerprint density at radius 2 is 1.71 bits per heavy atom. The molecule has 1 aromatic carbocycles. The maximum atomic E-state index is 10.6. The quantitative estimate of drug-likeness (QED) is 0.407. The van der Waals surface area contributed by atoms with Crippen molar-refractivity contribution >= 4 is 6.29 Å². The topological polar surface area (TPSA) is 98.0 Å². The molecule has 0 heterocycles. The van der Waals surface area contributed by atoms with E-state index in [2.05, 4.69) is 0 Å². The van der Waals surface area contributed by atoms with E-state index >= 15 is 0 Å². The average Bonchev–Trinajstić information content (AvgIpc) is 2.20. The Bertz CT molecular complexity index is 384. The minimum absolute atomic E-state index is 0.104. The van der Waals surface area contributed by atoms with Gasteiger partial charge in [-0.05, 0) is 12.5 Å². The van der Waals surface area contributed by atoms with Gasteiger partial charge in [0.1, 0.15) is 0 Å². The normalized spacial score (nSPS) is 10.1. The molecule has 0 fully saturated rings. The number of carbonyl (C=O) groups is 1. The molecule has 0 aliphatic heterocycles. The second-order valence-corrected chi connectivity index (χ2v) is 2.84. The lowest BCUT2D eigenvalue weighted by atomic mass is 10.0. The first-order valence-corrected chi connectivity index (χ1v) is 3.86. The minimum atomic E-state index is -0.748. The molecule has 0 aromatic heterocycles. The Morgan fingerprint density at radius 3 is 2.14 bits per heavy atom. The zero-order chi connectivity index (χ0) is 10.9. The molecule has 0 bridgehead atoms. The number of hydrogen-bond donors (Lipinski definition) is 4. The molecule has 0 aliphatic rings. The smallest absolute Gasteiger partial charge is 0.201 e. The maximum Gasteiger partial charge on any atom is 0.201 e. The summed E-state index contributed by atoms with van der Waals surface area (Å²) < 4.78 is 0. The summed E-state index contributed by atoms with van der Waals surface area (Å²) in [6.45, 7) is 0.925. The van der Waals surface area contributed by atoms with Crippen LogP contribution in [0.4, 0.5) is 0 Å². The van der Waals surface area contributed by atoms with Crippen LogP contribution in [0.1, 0.15) is 21.5 Å². The molecule has 0 unspecified atom stereocenters. The van der Waals surface area contributed by atoms with E-state index in [1.807, 2.05) is 0 Å². The van der Waals surface area contributed by atoms with Crippen LogP contribution in [0.25, 0.3) is 0 Å². The van der Waals surface area contributed by atoms with E-state index in [9.17, 15) is 20.1 Å². The number of aldehydes is 1. The third-order valence-corrected chi connectivity index (χ3v) is 2.11. The van der Waals surface area contributed by atoms with Crippen molar-refractivity contribution in [1.29, 1.82) is 0 Å². The van der Waals surface area contributed by atoms with Gasteiger partial charge in [0.05, 0.1) is 12.2 Å². The predicted octanol–water partition coefficient (Wildman–Crippen LogP) is 0.417. The number of aliphatic hydroxyl groups is 1.